The van der Waals surface area contributed by atoms with Gasteiger partial charge in [-0.3, -0.25) is 0 Å². The second kappa shape index (κ2) is 8.79. The van der Waals surface area contributed by atoms with Crippen LogP contribution in [0.3, 0.4) is 0 Å². The predicted octanol–water partition coefficient (Wildman–Crippen LogP) is 2.38. The Hall–Kier alpha value is -1.32. The molecule has 0 aliphatic rings. The molecule has 1 N–H and O–H groups in total. The van der Waals surface area contributed by atoms with Gasteiger partial charge >= 0.3 is 0 Å². The van der Waals surface area contributed by atoms with Gasteiger partial charge in [-0.1, -0.05) is 30.9 Å². The summed E-state index contributed by atoms with van der Waals surface area (Å²) in [6, 6.07) is 8.05. The van der Waals surface area contributed by atoms with Crippen LogP contribution < -0.4 is 10.1 Å². The summed E-state index contributed by atoms with van der Waals surface area (Å²) in [5.41, 5.74) is 1.17. The molecular formula is C14H21NO2. The summed E-state index contributed by atoms with van der Waals surface area (Å²) in [7, 11) is 1.72. The third-order valence-electron chi connectivity index (χ3n) is 2.35. The zero-order valence-electron chi connectivity index (χ0n) is 10.4. The van der Waals surface area contributed by atoms with Gasteiger partial charge in [-0.2, -0.15) is 0 Å². The number of nitrogens with one attached hydrogen (secondary N) is 1. The Labute approximate surface area is 103 Å². The third-order valence-corrected chi connectivity index (χ3v) is 2.35. The zero-order chi connectivity index (χ0) is 12.3. The minimum Gasteiger partial charge on any atom is -0.489 e. The van der Waals surface area contributed by atoms with Crippen LogP contribution in [0.5, 0.6) is 5.75 Å². The number of benzene rings is 1. The first kappa shape index (κ1) is 13.7. The lowest BCUT2D eigenvalue weighted by molar-refractivity contribution is 0.194. The molecule has 94 valence electrons. The molecule has 0 saturated carbocycles. The van der Waals surface area contributed by atoms with E-state index in [4.69, 9.17) is 9.47 Å². The molecule has 0 aliphatic carbocycles. The molecule has 1 aromatic carbocycles. The molecule has 0 radical (unpaired) electrons. The fourth-order valence-corrected chi connectivity index (χ4v) is 1.50. The molecule has 0 bridgehead atoms. The largest absolute Gasteiger partial charge is 0.489 e. The van der Waals surface area contributed by atoms with E-state index in [-0.39, 0.29) is 0 Å². The number of ether oxygens (including phenoxy) is 2. The fraction of sp³-hybridized carbons (Fsp3) is 0.429. The van der Waals surface area contributed by atoms with E-state index in [1.165, 1.54) is 5.56 Å². The predicted molar refractivity (Wildman–Crippen MR) is 70.3 cm³/mol. The van der Waals surface area contributed by atoms with E-state index in [1.54, 1.807) is 13.2 Å². The van der Waals surface area contributed by atoms with Crippen molar-refractivity contribution in [2.24, 2.45) is 0 Å². The highest BCUT2D eigenvalue weighted by Crippen LogP contribution is 2.17. The van der Waals surface area contributed by atoms with Crippen molar-refractivity contribution in [2.75, 3.05) is 26.9 Å². The van der Waals surface area contributed by atoms with Crippen molar-refractivity contribution in [2.45, 2.75) is 13.0 Å². The van der Waals surface area contributed by atoms with Crippen molar-refractivity contribution in [1.82, 2.24) is 5.32 Å². The Morgan fingerprint density at radius 2 is 2.18 bits per heavy atom. The zero-order valence-corrected chi connectivity index (χ0v) is 10.4. The normalized spacial score (nSPS) is 10.2. The van der Waals surface area contributed by atoms with Crippen LogP contribution in [0.4, 0.5) is 0 Å². The van der Waals surface area contributed by atoms with Crippen molar-refractivity contribution in [1.29, 1.82) is 0 Å². The molecular weight excluding hydrogens is 214 g/mol. The van der Waals surface area contributed by atoms with Gasteiger partial charge in [0, 0.05) is 25.8 Å². The molecule has 0 spiro atoms. The second-order valence-electron chi connectivity index (χ2n) is 3.73. The maximum Gasteiger partial charge on any atom is 0.124 e. The monoisotopic (exact) mass is 235 g/mol. The number of hydrogen-bond acceptors (Lipinski definition) is 3. The van der Waals surface area contributed by atoms with E-state index in [1.807, 2.05) is 18.2 Å². The minimum absolute atomic E-state index is 0.542. The van der Waals surface area contributed by atoms with Gasteiger partial charge in [0.2, 0.25) is 0 Å². The highest BCUT2D eigenvalue weighted by Gasteiger charge is 2.01. The smallest absolute Gasteiger partial charge is 0.124 e. The Balaban J connectivity index is 2.37. The summed E-state index contributed by atoms with van der Waals surface area (Å²) in [6.45, 7) is 6.75. The van der Waals surface area contributed by atoms with Crippen molar-refractivity contribution >= 4 is 0 Å². The van der Waals surface area contributed by atoms with Gasteiger partial charge in [0.1, 0.15) is 12.4 Å². The molecule has 0 atom stereocenters. The molecule has 0 heterocycles. The van der Waals surface area contributed by atoms with Crippen LogP contribution in [0.1, 0.15) is 12.0 Å². The highest BCUT2D eigenvalue weighted by atomic mass is 16.5. The number of rotatable bonds is 9. The lowest BCUT2D eigenvalue weighted by Crippen LogP contribution is -2.16. The number of methoxy groups -OCH3 is 1. The molecule has 0 amide bonds. The molecule has 0 saturated heterocycles. The molecule has 3 heteroatoms. The van der Waals surface area contributed by atoms with Crippen molar-refractivity contribution in [3.63, 3.8) is 0 Å². The van der Waals surface area contributed by atoms with Gasteiger partial charge in [0.15, 0.2) is 0 Å². The minimum atomic E-state index is 0.542. The molecule has 1 aromatic rings. The van der Waals surface area contributed by atoms with E-state index in [2.05, 4.69) is 18.0 Å². The van der Waals surface area contributed by atoms with Gasteiger partial charge < -0.3 is 14.8 Å². The van der Waals surface area contributed by atoms with E-state index < -0.39 is 0 Å². The maximum absolute atomic E-state index is 5.58. The van der Waals surface area contributed by atoms with E-state index in [0.717, 1.165) is 31.9 Å². The van der Waals surface area contributed by atoms with E-state index in [9.17, 15) is 0 Å². The molecule has 17 heavy (non-hydrogen) atoms. The SMILES string of the molecule is C=CCOc1ccccc1CNCCCOC. The van der Waals surface area contributed by atoms with Crippen molar-refractivity contribution in [3.05, 3.63) is 42.5 Å². The summed E-state index contributed by atoms with van der Waals surface area (Å²) >= 11 is 0. The van der Waals surface area contributed by atoms with Gasteiger partial charge in [-0.25, -0.2) is 0 Å². The maximum atomic E-state index is 5.58. The number of hydrogen-bond donors (Lipinski definition) is 1. The molecule has 0 unspecified atom stereocenters. The van der Waals surface area contributed by atoms with Gasteiger partial charge in [-0.15, -0.1) is 0 Å². The van der Waals surface area contributed by atoms with Crippen LogP contribution in [0.15, 0.2) is 36.9 Å². The van der Waals surface area contributed by atoms with E-state index >= 15 is 0 Å². The number of para-hydroxylation sites is 1. The lowest BCUT2D eigenvalue weighted by atomic mass is 10.2. The van der Waals surface area contributed by atoms with Gasteiger partial charge in [0.25, 0.3) is 0 Å². The van der Waals surface area contributed by atoms with Gasteiger partial charge in [0.05, 0.1) is 0 Å². The van der Waals surface area contributed by atoms with Crippen LogP contribution >= 0.6 is 0 Å². The Kier molecular flexibility index (Phi) is 7.11. The Morgan fingerprint density at radius 1 is 1.35 bits per heavy atom. The molecule has 3 nitrogen and oxygen atoms in total. The first-order chi connectivity index (χ1) is 8.38. The van der Waals surface area contributed by atoms with E-state index in [0.29, 0.717) is 6.61 Å². The Bertz CT molecular complexity index is 326. The molecule has 1 rings (SSSR count). The summed E-state index contributed by atoms with van der Waals surface area (Å²) in [5.74, 6) is 0.923. The van der Waals surface area contributed by atoms with Crippen LogP contribution in [0.25, 0.3) is 0 Å². The molecule has 0 aliphatic heterocycles. The first-order valence-electron chi connectivity index (χ1n) is 5.89. The third kappa shape index (κ3) is 5.52. The summed E-state index contributed by atoms with van der Waals surface area (Å²) < 4.78 is 10.6. The summed E-state index contributed by atoms with van der Waals surface area (Å²) in [5, 5.41) is 3.37. The van der Waals surface area contributed by atoms with Crippen LogP contribution in [0, 0.1) is 0 Å². The topological polar surface area (TPSA) is 30.5 Å². The van der Waals surface area contributed by atoms with Crippen molar-refractivity contribution < 1.29 is 9.47 Å². The summed E-state index contributed by atoms with van der Waals surface area (Å²) in [4.78, 5) is 0. The van der Waals surface area contributed by atoms with Crippen LogP contribution in [-0.4, -0.2) is 26.9 Å². The standard InChI is InChI=1S/C14H21NO2/c1-3-10-17-14-8-5-4-7-13(14)12-15-9-6-11-16-2/h3-5,7-8,15H,1,6,9-12H2,2H3. The van der Waals surface area contributed by atoms with Crippen molar-refractivity contribution in [3.8, 4) is 5.75 Å². The first-order valence-corrected chi connectivity index (χ1v) is 5.89. The highest BCUT2D eigenvalue weighted by molar-refractivity contribution is 5.33. The van der Waals surface area contributed by atoms with Crippen LogP contribution in [-0.2, 0) is 11.3 Å². The van der Waals surface area contributed by atoms with Crippen LogP contribution in [0.2, 0.25) is 0 Å². The summed E-state index contributed by atoms with van der Waals surface area (Å²) in [6.07, 6.45) is 2.77. The quantitative estimate of drug-likeness (QED) is 0.526. The van der Waals surface area contributed by atoms with Gasteiger partial charge in [-0.05, 0) is 19.0 Å². The Morgan fingerprint density at radius 3 is 2.94 bits per heavy atom. The second-order valence-corrected chi connectivity index (χ2v) is 3.73. The molecule has 0 fully saturated rings. The molecule has 0 aromatic heterocycles. The lowest BCUT2D eigenvalue weighted by Gasteiger charge is -2.10. The fourth-order valence-electron chi connectivity index (χ4n) is 1.50. The average molecular weight is 235 g/mol. The average Bonchev–Trinajstić information content (AvgIpc) is 2.37.